The molecule has 2 aromatic heterocycles. The number of anilines is 2. The van der Waals surface area contributed by atoms with Crippen molar-refractivity contribution < 1.29 is 0 Å². The Balaban J connectivity index is 1.74. The number of hydrogen-bond donors (Lipinski definition) is 2. The lowest BCUT2D eigenvalue weighted by molar-refractivity contribution is 0.746. The Bertz CT molecular complexity index is 572. The molecule has 1 saturated carbocycles. The van der Waals surface area contributed by atoms with Crippen LogP contribution in [-0.4, -0.2) is 26.8 Å². The van der Waals surface area contributed by atoms with Gasteiger partial charge >= 0.3 is 0 Å². The molecule has 3 rings (SSSR count). The minimum absolute atomic E-state index is 0.545. The molecule has 1 aliphatic carbocycles. The van der Waals surface area contributed by atoms with Crippen LogP contribution >= 0.6 is 0 Å². The third-order valence-electron chi connectivity index (χ3n) is 3.16. The third kappa shape index (κ3) is 2.83. The second kappa shape index (κ2) is 4.87. The van der Waals surface area contributed by atoms with Crippen LogP contribution in [0.3, 0.4) is 0 Å². The molecule has 0 spiro atoms. The van der Waals surface area contributed by atoms with Crippen LogP contribution in [0.2, 0.25) is 0 Å². The molecule has 100 valence electrons. The predicted octanol–water partition coefficient (Wildman–Crippen LogP) is 1.74. The summed E-state index contributed by atoms with van der Waals surface area (Å²) >= 11 is 0. The van der Waals surface area contributed by atoms with Crippen molar-refractivity contribution in [3.63, 3.8) is 0 Å². The number of rotatable bonds is 5. The zero-order chi connectivity index (χ0) is 13.2. The highest BCUT2D eigenvalue weighted by Crippen LogP contribution is 2.38. The summed E-state index contributed by atoms with van der Waals surface area (Å²) in [5, 5.41) is 10.7. The zero-order valence-electron chi connectivity index (χ0n) is 11.2. The van der Waals surface area contributed by atoms with E-state index in [2.05, 4.69) is 25.7 Å². The van der Waals surface area contributed by atoms with Crippen LogP contribution in [-0.2, 0) is 13.6 Å². The monoisotopic (exact) mass is 258 g/mol. The molecule has 0 atom stereocenters. The maximum atomic E-state index is 4.57. The van der Waals surface area contributed by atoms with Gasteiger partial charge in [0.05, 0.1) is 12.2 Å². The smallest absolute Gasteiger partial charge is 0.136 e. The summed E-state index contributed by atoms with van der Waals surface area (Å²) in [5.41, 5.74) is 1.00. The maximum absolute atomic E-state index is 4.57. The minimum atomic E-state index is 0.545. The van der Waals surface area contributed by atoms with Crippen molar-refractivity contribution in [1.82, 2.24) is 19.7 Å². The molecule has 0 saturated heterocycles. The average Bonchev–Trinajstić information content (AvgIpc) is 3.19. The average molecular weight is 258 g/mol. The van der Waals surface area contributed by atoms with Crippen LogP contribution in [0, 0.1) is 0 Å². The van der Waals surface area contributed by atoms with Crippen LogP contribution in [0.25, 0.3) is 0 Å². The van der Waals surface area contributed by atoms with Gasteiger partial charge in [-0.3, -0.25) is 4.68 Å². The van der Waals surface area contributed by atoms with Gasteiger partial charge in [-0.15, -0.1) is 0 Å². The fourth-order valence-electron chi connectivity index (χ4n) is 1.95. The molecule has 0 aromatic carbocycles. The van der Waals surface area contributed by atoms with Crippen molar-refractivity contribution in [3.05, 3.63) is 29.8 Å². The minimum Gasteiger partial charge on any atom is -0.373 e. The second-order valence-electron chi connectivity index (χ2n) is 4.86. The Morgan fingerprint density at radius 3 is 2.74 bits per heavy atom. The molecule has 19 heavy (non-hydrogen) atoms. The first-order valence-corrected chi connectivity index (χ1v) is 6.54. The summed E-state index contributed by atoms with van der Waals surface area (Å²) in [6.45, 7) is 0.672. The van der Waals surface area contributed by atoms with E-state index < -0.39 is 0 Å². The fraction of sp³-hybridized carbons (Fsp3) is 0.462. The molecule has 1 aliphatic rings. The van der Waals surface area contributed by atoms with E-state index in [4.69, 9.17) is 0 Å². The van der Waals surface area contributed by atoms with Crippen LogP contribution in [0.1, 0.15) is 30.3 Å². The maximum Gasteiger partial charge on any atom is 0.136 e. The summed E-state index contributed by atoms with van der Waals surface area (Å²) < 4.78 is 1.80. The number of hydrogen-bond acceptors (Lipinski definition) is 5. The molecule has 0 unspecified atom stereocenters. The lowest BCUT2D eigenvalue weighted by Gasteiger charge is -2.08. The van der Waals surface area contributed by atoms with E-state index in [-0.39, 0.29) is 0 Å². The summed E-state index contributed by atoms with van der Waals surface area (Å²) in [4.78, 5) is 9.06. The highest BCUT2D eigenvalue weighted by Gasteiger charge is 2.27. The highest BCUT2D eigenvalue weighted by molar-refractivity contribution is 5.48. The van der Waals surface area contributed by atoms with Crippen LogP contribution in [0.5, 0.6) is 0 Å². The molecule has 0 amide bonds. The van der Waals surface area contributed by atoms with Gasteiger partial charge in [-0.2, -0.15) is 5.10 Å². The van der Waals surface area contributed by atoms with Gasteiger partial charge in [0.2, 0.25) is 0 Å². The van der Waals surface area contributed by atoms with Crippen molar-refractivity contribution in [2.24, 2.45) is 7.05 Å². The molecular weight excluding hydrogens is 240 g/mol. The third-order valence-corrected chi connectivity index (χ3v) is 3.16. The number of aromatic nitrogens is 4. The lowest BCUT2D eigenvalue weighted by atomic mass is 10.3. The SMILES string of the molecule is CNc1cc(NCc2ccn(C)n2)nc(C2CC2)n1. The first kappa shape index (κ1) is 12.0. The van der Waals surface area contributed by atoms with Crippen molar-refractivity contribution in [2.45, 2.75) is 25.3 Å². The van der Waals surface area contributed by atoms with Gasteiger partial charge < -0.3 is 10.6 Å². The van der Waals surface area contributed by atoms with Crippen LogP contribution < -0.4 is 10.6 Å². The van der Waals surface area contributed by atoms with Gasteiger partial charge in [-0.1, -0.05) is 0 Å². The van der Waals surface area contributed by atoms with Crippen LogP contribution in [0.15, 0.2) is 18.3 Å². The second-order valence-corrected chi connectivity index (χ2v) is 4.86. The standard InChI is InChI=1S/C13H18N6/c1-14-11-7-12(17-13(16-11)9-3-4-9)15-8-10-5-6-19(2)18-10/h5-7,9H,3-4,8H2,1-2H3,(H2,14,15,16,17). The molecule has 2 N–H and O–H groups in total. The van der Waals surface area contributed by atoms with Gasteiger partial charge in [0, 0.05) is 32.3 Å². The van der Waals surface area contributed by atoms with Gasteiger partial charge in [-0.25, -0.2) is 9.97 Å². The summed E-state index contributed by atoms with van der Waals surface area (Å²) in [6.07, 6.45) is 4.34. The fourth-order valence-corrected chi connectivity index (χ4v) is 1.95. The molecule has 0 bridgehead atoms. The van der Waals surface area contributed by atoms with E-state index in [9.17, 15) is 0 Å². The molecule has 6 heteroatoms. The van der Waals surface area contributed by atoms with E-state index in [1.54, 1.807) is 4.68 Å². The first-order valence-electron chi connectivity index (χ1n) is 6.54. The summed E-state index contributed by atoms with van der Waals surface area (Å²) in [5.74, 6) is 3.20. The van der Waals surface area contributed by atoms with Crippen molar-refractivity contribution in [2.75, 3.05) is 17.7 Å². The molecule has 6 nitrogen and oxygen atoms in total. The van der Waals surface area contributed by atoms with Crippen molar-refractivity contribution in [3.8, 4) is 0 Å². The normalized spacial score (nSPS) is 14.4. The molecule has 0 aliphatic heterocycles. The Hall–Kier alpha value is -2.11. The predicted molar refractivity (Wildman–Crippen MR) is 74.1 cm³/mol. The van der Waals surface area contributed by atoms with Gasteiger partial charge in [0.25, 0.3) is 0 Å². The van der Waals surface area contributed by atoms with E-state index in [1.807, 2.05) is 32.4 Å². The Morgan fingerprint density at radius 1 is 1.32 bits per heavy atom. The Morgan fingerprint density at radius 2 is 2.11 bits per heavy atom. The van der Waals surface area contributed by atoms with E-state index >= 15 is 0 Å². The molecular formula is C13H18N6. The summed E-state index contributed by atoms with van der Waals surface area (Å²) in [7, 11) is 3.79. The number of nitrogens with zero attached hydrogens (tertiary/aromatic N) is 4. The number of aryl methyl sites for hydroxylation is 1. The molecule has 2 heterocycles. The van der Waals surface area contributed by atoms with E-state index in [1.165, 1.54) is 12.8 Å². The lowest BCUT2D eigenvalue weighted by Crippen LogP contribution is -2.07. The summed E-state index contributed by atoms with van der Waals surface area (Å²) in [6, 6.07) is 3.92. The van der Waals surface area contributed by atoms with E-state index in [0.29, 0.717) is 12.5 Å². The quantitative estimate of drug-likeness (QED) is 0.855. The first-order chi connectivity index (χ1) is 9.24. The molecule has 0 radical (unpaired) electrons. The molecule has 2 aromatic rings. The van der Waals surface area contributed by atoms with Crippen molar-refractivity contribution in [1.29, 1.82) is 0 Å². The zero-order valence-corrected chi connectivity index (χ0v) is 11.2. The molecule has 1 fully saturated rings. The van der Waals surface area contributed by atoms with Gasteiger partial charge in [-0.05, 0) is 18.9 Å². The van der Waals surface area contributed by atoms with Gasteiger partial charge in [0.1, 0.15) is 17.5 Å². The Labute approximate surface area is 112 Å². The van der Waals surface area contributed by atoms with Crippen LogP contribution in [0.4, 0.5) is 11.6 Å². The largest absolute Gasteiger partial charge is 0.373 e. The van der Waals surface area contributed by atoms with Crippen molar-refractivity contribution >= 4 is 11.6 Å². The van der Waals surface area contributed by atoms with E-state index in [0.717, 1.165) is 23.2 Å². The number of nitrogens with one attached hydrogen (secondary N) is 2. The highest BCUT2D eigenvalue weighted by atomic mass is 15.3. The Kier molecular flexibility index (Phi) is 3.06. The topological polar surface area (TPSA) is 67.7 Å². The van der Waals surface area contributed by atoms with Gasteiger partial charge in [0.15, 0.2) is 0 Å².